The zero-order valence-corrected chi connectivity index (χ0v) is 9.94. The van der Waals surface area contributed by atoms with Gasteiger partial charge >= 0.3 is 0 Å². The second kappa shape index (κ2) is 4.41. The lowest BCUT2D eigenvalue weighted by Crippen LogP contribution is -2.16. The summed E-state index contributed by atoms with van der Waals surface area (Å²) in [7, 11) is 0. The van der Waals surface area contributed by atoms with Crippen LogP contribution in [0.5, 0.6) is 5.75 Å². The Morgan fingerprint density at radius 3 is 3.12 bits per heavy atom. The van der Waals surface area contributed by atoms with E-state index >= 15 is 0 Å². The number of aryl methyl sites for hydroxylation is 1. The molecule has 0 N–H and O–H groups in total. The molecule has 0 radical (unpaired) electrons. The summed E-state index contributed by atoms with van der Waals surface area (Å²) in [6, 6.07) is 5.98. The van der Waals surface area contributed by atoms with Crippen LogP contribution in [-0.2, 0) is 4.74 Å². The fourth-order valence-electron chi connectivity index (χ4n) is 2.26. The Morgan fingerprint density at radius 1 is 1.35 bits per heavy atom. The van der Waals surface area contributed by atoms with E-state index < -0.39 is 0 Å². The molecule has 17 heavy (non-hydrogen) atoms. The first kappa shape index (κ1) is 10.7. The molecule has 1 aromatic carbocycles. The molecule has 0 amide bonds. The van der Waals surface area contributed by atoms with Gasteiger partial charge in [0.2, 0.25) is 0 Å². The molecule has 1 atom stereocenters. The van der Waals surface area contributed by atoms with Gasteiger partial charge in [-0.2, -0.15) is 0 Å². The maximum atomic E-state index is 5.83. The van der Waals surface area contributed by atoms with E-state index in [-0.39, 0.29) is 6.10 Å². The molecule has 3 nitrogen and oxygen atoms in total. The number of ether oxygens (including phenoxy) is 2. The van der Waals surface area contributed by atoms with E-state index in [4.69, 9.17) is 13.9 Å². The van der Waals surface area contributed by atoms with Crippen LogP contribution >= 0.6 is 0 Å². The quantitative estimate of drug-likeness (QED) is 0.813. The predicted octanol–water partition coefficient (Wildman–Crippen LogP) is 3.30. The van der Waals surface area contributed by atoms with Crippen molar-refractivity contribution in [3.63, 3.8) is 0 Å². The summed E-state index contributed by atoms with van der Waals surface area (Å²) >= 11 is 0. The Kier molecular flexibility index (Phi) is 2.77. The molecule has 1 saturated heterocycles. The molecule has 2 aromatic rings. The molecule has 3 rings (SSSR count). The predicted molar refractivity (Wildman–Crippen MR) is 65.4 cm³/mol. The lowest BCUT2D eigenvalue weighted by Gasteiger charge is -2.12. The minimum absolute atomic E-state index is 0.248. The van der Waals surface area contributed by atoms with Gasteiger partial charge in [-0.1, -0.05) is 6.07 Å². The minimum Gasteiger partial charge on any atom is -0.490 e. The smallest absolute Gasteiger partial charge is 0.140 e. The molecule has 1 aliphatic rings. The zero-order chi connectivity index (χ0) is 11.7. The van der Waals surface area contributed by atoms with Gasteiger partial charge in [0.1, 0.15) is 17.9 Å². The van der Waals surface area contributed by atoms with Crippen LogP contribution in [0.2, 0.25) is 0 Å². The van der Waals surface area contributed by atoms with E-state index in [0.717, 1.165) is 41.7 Å². The highest BCUT2D eigenvalue weighted by atomic mass is 16.5. The van der Waals surface area contributed by atoms with Crippen LogP contribution in [0.4, 0.5) is 0 Å². The summed E-state index contributed by atoms with van der Waals surface area (Å²) in [4.78, 5) is 0. The van der Waals surface area contributed by atoms with Crippen LogP contribution in [0.15, 0.2) is 28.9 Å². The highest BCUT2D eigenvalue weighted by molar-refractivity contribution is 5.86. The van der Waals surface area contributed by atoms with Crippen LogP contribution in [0.1, 0.15) is 18.4 Å². The number of hydrogen-bond donors (Lipinski definition) is 0. The monoisotopic (exact) mass is 232 g/mol. The highest BCUT2D eigenvalue weighted by Gasteiger charge is 2.17. The van der Waals surface area contributed by atoms with Gasteiger partial charge in [-0.15, -0.1) is 0 Å². The standard InChI is InChI=1S/C14H16O3/c1-10-4-5-13(12-6-8-16-14(10)12)17-9-11-3-2-7-15-11/h4-6,8,11H,2-3,7,9H2,1H3. The molecule has 0 bridgehead atoms. The minimum atomic E-state index is 0.248. The topological polar surface area (TPSA) is 31.6 Å². The third kappa shape index (κ3) is 2.03. The van der Waals surface area contributed by atoms with Crippen LogP contribution in [0, 0.1) is 6.92 Å². The Bertz CT molecular complexity index is 509. The summed E-state index contributed by atoms with van der Waals surface area (Å²) in [6.07, 6.45) is 4.19. The van der Waals surface area contributed by atoms with Gasteiger partial charge in [-0.3, -0.25) is 0 Å². The van der Waals surface area contributed by atoms with Crippen molar-refractivity contribution in [2.24, 2.45) is 0 Å². The summed E-state index contributed by atoms with van der Waals surface area (Å²) in [5.41, 5.74) is 2.05. The first-order valence-electron chi connectivity index (χ1n) is 6.06. The summed E-state index contributed by atoms with van der Waals surface area (Å²) in [5.74, 6) is 0.884. The highest BCUT2D eigenvalue weighted by Crippen LogP contribution is 2.29. The lowest BCUT2D eigenvalue weighted by molar-refractivity contribution is 0.0685. The van der Waals surface area contributed by atoms with E-state index in [0.29, 0.717) is 6.61 Å². The van der Waals surface area contributed by atoms with Gasteiger partial charge in [0, 0.05) is 6.61 Å². The first-order chi connectivity index (χ1) is 8.34. The van der Waals surface area contributed by atoms with Gasteiger partial charge in [0.25, 0.3) is 0 Å². The molecular weight excluding hydrogens is 216 g/mol. The summed E-state index contributed by atoms with van der Waals surface area (Å²) in [6.45, 7) is 3.53. The van der Waals surface area contributed by atoms with Crippen LogP contribution < -0.4 is 4.74 Å². The third-order valence-corrected chi connectivity index (χ3v) is 3.22. The fraction of sp³-hybridized carbons (Fsp3) is 0.429. The number of hydrogen-bond acceptors (Lipinski definition) is 3. The van der Waals surface area contributed by atoms with Crippen molar-refractivity contribution in [1.82, 2.24) is 0 Å². The SMILES string of the molecule is Cc1ccc(OCC2CCCO2)c2ccoc12. The van der Waals surface area contributed by atoms with Crippen molar-refractivity contribution in [2.45, 2.75) is 25.9 Å². The van der Waals surface area contributed by atoms with Gasteiger partial charge in [-0.05, 0) is 37.5 Å². The van der Waals surface area contributed by atoms with Crippen molar-refractivity contribution in [2.75, 3.05) is 13.2 Å². The normalized spacial score (nSPS) is 19.9. The third-order valence-electron chi connectivity index (χ3n) is 3.22. The number of fused-ring (bicyclic) bond motifs is 1. The Labute approximate surface area is 100 Å². The van der Waals surface area contributed by atoms with E-state index in [1.165, 1.54) is 0 Å². The molecule has 2 heterocycles. The molecule has 3 heteroatoms. The molecule has 1 fully saturated rings. The molecule has 1 unspecified atom stereocenters. The van der Waals surface area contributed by atoms with E-state index in [1.54, 1.807) is 6.26 Å². The van der Waals surface area contributed by atoms with Crippen LogP contribution in [-0.4, -0.2) is 19.3 Å². The average molecular weight is 232 g/mol. The fourth-order valence-corrected chi connectivity index (χ4v) is 2.26. The molecule has 0 aliphatic carbocycles. The second-order valence-electron chi connectivity index (χ2n) is 4.49. The Balaban J connectivity index is 1.80. The number of furan rings is 1. The second-order valence-corrected chi connectivity index (χ2v) is 4.49. The van der Waals surface area contributed by atoms with E-state index in [9.17, 15) is 0 Å². The molecule has 1 aromatic heterocycles. The molecule has 1 aliphatic heterocycles. The summed E-state index contributed by atoms with van der Waals surface area (Å²) < 4.78 is 16.8. The maximum Gasteiger partial charge on any atom is 0.140 e. The van der Waals surface area contributed by atoms with Gasteiger partial charge in [-0.25, -0.2) is 0 Å². The van der Waals surface area contributed by atoms with Crippen molar-refractivity contribution in [1.29, 1.82) is 0 Å². The van der Waals surface area contributed by atoms with Gasteiger partial charge in [0.15, 0.2) is 0 Å². The van der Waals surface area contributed by atoms with Gasteiger partial charge < -0.3 is 13.9 Å². The summed E-state index contributed by atoms with van der Waals surface area (Å²) in [5, 5.41) is 1.04. The van der Waals surface area contributed by atoms with Crippen molar-refractivity contribution >= 4 is 11.0 Å². The molecule has 0 spiro atoms. The van der Waals surface area contributed by atoms with E-state index in [2.05, 4.69) is 0 Å². The molecule has 0 saturated carbocycles. The van der Waals surface area contributed by atoms with Crippen molar-refractivity contribution in [3.05, 3.63) is 30.0 Å². The zero-order valence-electron chi connectivity index (χ0n) is 9.94. The average Bonchev–Trinajstić information content (AvgIpc) is 2.99. The number of rotatable bonds is 3. The van der Waals surface area contributed by atoms with Crippen molar-refractivity contribution < 1.29 is 13.9 Å². The first-order valence-corrected chi connectivity index (χ1v) is 6.06. The van der Waals surface area contributed by atoms with Crippen LogP contribution in [0.25, 0.3) is 11.0 Å². The lowest BCUT2D eigenvalue weighted by atomic mass is 10.1. The molecule has 90 valence electrons. The van der Waals surface area contributed by atoms with Gasteiger partial charge in [0.05, 0.1) is 17.8 Å². The van der Waals surface area contributed by atoms with E-state index in [1.807, 2.05) is 25.1 Å². The maximum absolute atomic E-state index is 5.83. The largest absolute Gasteiger partial charge is 0.490 e. The van der Waals surface area contributed by atoms with Crippen molar-refractivity contribution in [3.8, 4) is 5.75 Å². The van der Waals surface area contributed by atoms with Crippen LogP contribution in [0.3, 0.4) is 0 Å². The Hall–Kier alpha value is -1.48. The Morgan fingerprint density at radius 2 is 2.29 bits per heavy atom. The number of benzene rings is 1. The molecular formula is C14H16O3.